The number of pyridine rings is 1. The Morgan fingerprint density at radius 3 is 2.25 bits per heavy atom. The predicted octanol–water partition coefficient (Wildman–Crippen LogP) is 2.67. The molecule has 1 N–H and O–H groups in total. The summed E-state index contributed by atoms with van der Waals surface area (Å²) < 4.78 is 74.3. The fourth-order valence-corrected chi connectivity index (χ4v) is 1.10. The van der Waals surface area contributed by atoms with Crippen LogP contribution in [0.1, 0.15) is 23.2 Å². The van der Waals surface area contributed by atoms with Crippen molar-refractivity contribution < 1.29 is 31.4 Å². The smallest absolute Gasteiger partial charge is 0.390 e. The van der Waals surface area contributed by atoms with Gasteiger partial charge in [-0.15, -0.1) is 0 Å². The highest BCUT2D eigenvalue weighted by atomic mass is 19.4. The number of hydrogen-bond donors (Lipinski definition) is 1. The number of nitrogens with zero attached hydrogens (tertiary/aromatic N) is 1. The lowest BCUT2D eigenvalue weighted by molar-refractivity contribution is -0.141. The van der Waals surface area contributed by atoms with E-state index in [1.807, 2.05) is 0 Å². The molecule has 1 rings (SSSR count). The van der Waals surface area contributed by atoms with Gasteiger partial charge in [0.25, 0.3) is 6.43 Å². The van der Waals surface area contributed by atoms with Gasteiger partial charge >= 0.3 is 6.18 Å². The number of halogens is 6. The quantitative estimate of drug-likeness (QED) is 0.812. The molecule has 0 aliphatic rings. The average molecular weight is 245 g/mol. The summed E-state index contributed by atoms with van der Waals surface area (Å²) in [5, 5.41) is 8.52. The van der Waals surface area contributed by atoms with Gasteiger partial charge in [-0.25, -0.2) is 13.2 Å². The topological polar surface area (TPSA) is 33.1 Å². The van der Waals surface area contributed by atoms with Crippen LogP contribution >= 0.6 is 0 Å². The van der Waals surface area contributed by atoms with Crippen LogP contribution in [0, 0.1) is 5.82 Å². The minimum absolute atomic E-state index is 0.279. The Kier molecular flexibility index (Phi) is 3.41. The Labute approximate surface area is 85.5 Å². The van der Waals surface area contributed by atoms with Crippen molar-refractivity contribution in [1.82, 2.24) is 4.98 Å². The van der Waals surface area contributed by atoms with Gasteiger partial charge in [-0.3, -0.25) is 4.98 Å². The lowest BCUT2D eigenvalue weighted by atomic mass is 10.1. The second-order valence-corrected chi connectivity index (χ2v) is 2.81. The first kappa shape index (κ1) is 12.8. The lowest BCUT2D eigenvalue weighted by Crippen LogP contribution is -2.16. The summed E-state index contributed by atoms with van der Waals surface area (Å²) in [6.07, 6.45) is -8.30. The molecule has 8 heteroatoms. The van der Waals surface area contributed by atoms with E-state index in [4.69, 9.17) is 5.11 Å². The zero-order valence-corrected chi connectivity index (χ0v) is 7.52. The van der Waals surface area contributed by atoms with Crippen molar-refractivity contribution in [2.24, 2.45) is 0 Å². The SMILES string of the molecule is OCc1ncc(C(F)F)c(F)c1C(F)(F)F. The fraction of sp³-hybridized carbons (Fsp3) is 0.375. The normalized spacial score (nSPS) is 12.2. The molecule has 0 spiro atoms. The molecule has 0 atom stereocenters. The van der Waals surface area contributed by atoms with Gasteiger partial charge in [0.1, 0.15) is 11.4 Å². The molecule has 0 aliphatic heterocycles. The predicted molar refractivity (Wildman–Crippen MR) is 40.1 cm³/mol. The van der Waals surface area contributed by atoms with E-state index in [1.54, 1.807) is 0 Å². The Morgan fingerprint density at radius 1 is 1.31 bits per heavy atom. The number of hydrogen-bond acceptors (Lipinski definition) is 2. The molecule has 0 fully saturated rings. The summed E-state index contributed by atoms with van der Waals surface area (Å²) >= 11 is 0. The van der Waals surface area contributed by atoms with Gasteiger partial charge in [-0.1, -0.05) is 0 Å². The van der Waals surface area contributed by atoms with E-state index in [1.165, 1.54) is 0 Å². The standard InChI is InChI=1S/C8H5F6NO/c9-6-3(7(10)11)1-15-4(2-16)5(6)8(12,13)14/h1,7,16H,2H2. The zero-order chi connectivity index (χ0) is 12.5. The Hall–Kier alpha value is -1.31. The Morgan fingerprint density at radius 2 is 1.88 bits per heavy atom. The van der Waals surface area contributed by atoms with Gasteiger partial charge in [0, 0.05) is 6.20 Å². The molecule has 0 saturated heterocycles. The summed E-state index contributed by atoms with van der Waals surface area (Å²) in [4.78, 5) is 2.96. The first-order chi connectivity index (χ1) is 7.29. The molecule has 1 aromatic heterocycles. The number of rotatable bonds is 2. The third-order valence-corrected chi connectivity index (χ3v) is 1.79. The van der Waals surface area contributed by atoms with Crippen molar-refractivity contribution in [3.8, 4) is 0 Å². The van der Waals surface area contributed by atoms with Crippen molar-refractivity contribution in [3.05, 3.63) is 28.8 Å². The monoisotopic (exact) mass is 245 g/mol. The maximum atomic E-state index is 13.1. The Bertz CT molecular complexity index is 389. The van der Waals surface area contributed by atoms with Crippen molar-refractivity contribution in [2.45, 2.75) is 19.2 Å². The largest absolute Gasteiger partial charge is 0.421 e. The molecule has 16 heavy (non-hydrogen) atoms. The van der Waals surface area contributed by atoms with E-state index in [0.717, 1.165) is 0 Å². The highest BCUT2D eigenvalue weighted by molar-refractivity contribution is 5.30. The molecular weight excluding hydrogens is 240 g/mol. The molecule has 0 unspecified atom stereocenters. The second-order valence-electron chi connectivity index (χ2n) is 2.81. The number of aromatic nitrogens is 1. The van der Waals surface area contributed by atoms with Crippen molar-refractivity contribution in [3.63, 3.8) is 0 Å². The van der Waals surface area contributed by atoms with Gasteiger partial charge in [0.05, 0.1) is 17.9 Å². The highest BCUT2D eigenvalue weighted by Crippen LogP contribution is 2.36. The van der Waals surface area contributed by atoms with E-state index in [9.17, 15) is 26.3 Å². The van der Waals surface area contributed by atoms with Gasteiger partial charge in [-0.05, 0) is 0 Å². The van der Waals surface area contributed by atoms with Crippen molar-refractivity contribution >= 4 is 0 Å². The van der Waals surface area contributed by atoms with Crippen LogP contribution in [0.15, 0.2) is 6.20 Å². The first-order valence-electron chi connectivity index (χ1n) is 3.92. The molecule has 0 radical (unpaired) electrons. The molecule has 90 valence electrons. The van der Waals surface area contributed by atoms with E-state index < -0.39 is 41.8 Å². The van der Waals surface area contributed by atoms with Crippen LogP contribution in [-0.2, 0) is 12.8 Å². The van der Waals surface area contributed by atoms with Gasteiger partial charge in [0.15, 0.2) is 0 Å². The molecule has 0 saturated carbocycles. The first-order valence-corrected chi connectivity index (χ1v) is 3.92. The van der Waals surface area contributed by atoms with Gasteiger partial charge in [-0.2, -0.15) is 13.2 Å². The van der Waals surface area contributed by atoms with Crippen LogP contribution in [0.4, 0.5) is 26.3 Å². The summed E-state index contributed by atoms with van der Waals surface area (Å²) in [7, 11) is 0. The highest BCUT2D eigenvalue weighted by Gasteiger charge is 2.39. The molecule has 0 bridgehead atoms. The Balaban J connectivity index is 3.47. The van der Waals surface area contributed by atoms with Crippen molar-refractivity contribution in [1.29, 1.82) is 0 Å². The third kappa shape index (κ3) is 2.26. The van der Waals surface area contributed by atoms with E-state index in [-0.39, 0.29) is 6.20 Å². The fourth-order valence-electron chi connectivity index (χ4n) is 1.10. The minimum atomic E-state index is -5.18. The summed E-state index contributed by atoms with van der Waals surface area (Å²) in [5.74, 6) is -2.10. The van der Waals surface area contributed by atoms with Crippen LogP contribution in [0.2, 0.25) is 0 Å². The summed E-state index contributed by atoms with van der Waals surface area (Å²) in [6.45, 7) is -1.19. The molecular formula is C8H5F6NO. The number of alkyl halides is 5. The third-order valence-electron chi connectivity index (χ3n) is 1.79. The van der Waals surface area contributed by atoms with E-state index in [0.29, 0.717) is 0 Å². The molecule has 0 aromatic carbocycles. The van der Waals surface area contributed by atoms with Crippen LogP contribution < -0.4 is 0 Å². The van der Waals surface area contributed by atoms with Crippen molar-refractivity contribution in [2.75, 3.05) is 0 Å². The average Bonchev–Trinajstić information content (AvgIpc) is 2.14. The molecule has 2 nitrogen and oxygen atoms in total. The van der Waals surface area contributed by atoms with Gasteiger partial charge in [0.2, 0.25) is 0 Å². The number of aliphatic hydroxyl groups is 1. The second kappa shape index (κ2) is 4.28. The maximum Gasteiger partial charge on any atom is 0.421 e. The van der Waals surface area contributed by atoms with Crippen LogP contribution in [0.5, 0.6) is 0 Å². The molecule has 1 aromatic rings. The summed E-state index contributed by atoms with van der Waals surface area (Å²) in [5.41, 5.74) is -4.41. The number of aliphatic hydroxyl groups excluding tert-OH is 1. The minimum Gasteiger partial charge on any atom is -0.390 e. The molecule has 0 aliphatic carbocycles. The summed E-state index contributed by atoms with van der Waals surface area (Å²) in [6, 6.07) is 0. The molecule has 0 amide bonds. The van der Waals surface area contributed by atoms with E-state index in [2.05, 4.69) is 4.98 Å². The maximum absolute atomic E-state index is 13.1. The van der Waals surface area contributed by atoms with Crippen LogP contribution in [0.25, 0.3) is 0 Å². The van der Waals surface area contributed by atoms with Crippen LogP contribution in [-0.4, -0.2) is 10.1 Å². The van der Waals surface area contributed by atoms with Crippen LogP contribution in [0.3, 0.4) is 0 Å². The van der Waals surface area contributed by atoms with Gasteiger partial charge < -0.3 is 5.11 Å². The molecule has 1 heterocycles. The van der Waals surface area contributed by atoms with E-state index >= 15 is 0 Å². The lowest BCUT2D eigenvalue weighted by Gasteiger charge is -2.13. The zero-order valence-electron chi connectivity index (χ0n) is 7.52.